The van der Waals surface area contributed by atoms with Crippen LogP contribution in [0, 0.1) is 0 Å². The molecule has 1 aliphatic heterocycles. The van der Waals surface area contributed by atoms with Crippen molar-refractivity contribution < 1.29 is 26.3 Å². The standard InChI is InChI=1S/C5H8O6S/c1-9-5(6)2-4-3-10-12(7,8)11-4/h4H,2-3H2,1H3. The largest absolute Gasteiger partial charge is 0.469 e. The van der Waals surface area contributed by atoms with E-state index in [2.05, 4.69) is 13.1 Å². The number of carbonyl (C=O) groups excluding carboxylic acids is 1. The van der Waals surface area contributed by atoms with Crippen molar-refractivity contribution in [2.75, 3.05) is 13.7 Å². The van der Waals surface area contributed by atoms with Crippen LogP contribution in [0.1, 0.15) is 6.42 Å². The van der Waals surface area contributed by atoms with E-state index in [0.29, 0.717) is 0 Å². The third-order valence-electron chi connectivity index (χ3n) is 1.27. The summed E-state index contributed by atoms with van der Waals surface area (Å²) in [5.41, 5.74) is 0. The number of esters is 1. The zero-order valence-electron chi connectivity index (χ0n) is 6.35. The Balaban J connectivity index is 2.43. The molecule has 6 nitrogen and oxygen atoms in total. The van der Waals surface area contributed by atoms with E-state index in [9.17, 15) is 13.2 Å². The first-order valence-electron chi connectivity index (χ1n) is 3.18. The lowest BCUT2D eigenvalue weighted by molar-refractivity contribution is -0.142. The van der Waals surface area contributed by atoms with Gasteiger partial charge in [0.25, 0.3) is 0 Å². The Labute approximate surface area is 69.7 Å². The SMILES string of the molecule is COC(=O)CC1COS(=O)(=O)O1. The highest BCUT2D eigenvalue weighted by Crippen LogP contribution is 2.15. The van der Waals surface area contributed by atoms with Gasteiger partial charge >= 0.3 is 16.4 Å². The van der Waals surface area contributed by atoms with Crippen LogP contribution in [-0.4, -0.2) is 34.2 Å². The molecule has 0 amide bonds. The normalized spacial score (nSPS) is 26.9. The number of hydrogen-bond acceptors (Lipinski definition) is 6. The number of rotatable bonds is 2. The van der Waals surface area contributed by atoms with Crippen molar-refractivity contribution in [3.05, 3.63) is 0 Å². The van der Waals surface area contributed by atoms with Gasteiger partial charge in [-0.2, -0.15) is 8.42 Å². The minimum absolute atomic E-state index is 0.115. The molecule has 0 bridgehead atoms. The van der Waals surface area contributed by atoms with Crippen molar-refractivity contribution in [1.29, 1.82) is 0 Å². The second kappa shape index (κ2) is 3.38. The van der Waals surface area contributed by atoms with Crippen LogP contribution in [0.25, 0.3) is 0 Å². The number of carbonyl (C=O) groups is 1. The smallest absolute Gasteiger partial charge is 0.400 e. The van der Waals surface area contributed by atoms with E-state index in [1.807, 2.05) is 0 Å². The zero-order valence-corrected chi connectivity index (χ0v) is 7.17. The second-order valence-corrected chi connectivity index (χ2v) is 3.44. The fourth-order valence-corrected chi connectivity index (χ4v) is 1.57. The van der Waals surface area contributed by atoms with Crippen LogP contribution in [-0.2, 0) is 28.3 Å². The Hall–Kier alpha value is -0.660. The summed E-state index contributed by atoms with van der Waals surface area (Å²) in [5, 5.41) is 0. The number of ether oxygens (including phenoxy) is 1. The molecule has 1 rings (SSSR count). The van der Waals surface area contributed by atoms with Gasteiger partial charge in [0.05, 0.1) is 20.1 Å². The second-order valence-electron chi connectivity index (χ2n) is 2.19. The van der Waals surface area contributed by atoms with Crippen LogP contribution in [0.5, 0.6) is 0 Å². The van der Waals surface area contributed by atoms with Gasteiger partial charge in [-0.25, -0.2) is 8.37 Å². The Morgan fingerprint density at radius 1 is 1.67 bits per heavy atom. The molecular weight excluding hydrogens is 188 g/mol. The predicted octanol–water partition coefficient (Wildman–Crippen LogP) is -0.790. The van der Waals surface area contributed by atoms with E-state index >= 15 is 0 Å². The molecule has 1 atom stereocenters. The Kier molecular flexibility index (Phi) is 2.65. The average molecular weight is 196 g/mol. The van der Waals surface area contributed by atoms with Gasteiger partial charge in [0.2, 0.25) is 0 Å². The molecule has 7 heteroatoms. The lowest BCUT2D eigenvalue weighted by Gasteiger charge is -2.01. The summed E-state index contributed by atoms with van der Waals surface area (Å²) in [7, 11) is -2.64. The van der Waals surface area contributed by atoms with Gasteiger partial charge in [-0.3, -0.25) is 4.79 Å². The Morgan fingerprint density at radius 2 is 2.33 bits per heavy atom. The van der Waals surface area contributed by atoms with Crippen molar-refractivity contribution in [1.82, 2.24) is 0 Å². The van der Waals surface area contributed by atoms with Crippen LogP contribution >= 0.6 is 0 Å². The zero-order chi connectivity index (χ0) is 9.19. The lowest BCUT2D eigenvalue weighted by Crippen LogP contribution is -2.16. The quantitative estimate of drug-likeness (QED) is 0.538. The predicted molar refractivity (Wildman–Crippen MR) is 36.4 cm³/mol. The van der Waals surface area contributed by atoms with E-state index in [4.69, 9.17) is 0 Å². The van der Waals surface area contributed by atoms with Crippen molar-refractivity contribution >= 4 is 16.4 Å². The van der Waals surface area contributed by atoms with Gasteiger partial charge in [-0.1, -0.05) is 0 Å². The third kappa shape index (κ3) is 2.43. The molecule has 1 unspecified atom stereocenters. The number of methoxy groups -OCH3 is 1. The molecule has 70 valence electrons. The van der Waals surface area contributed by atoms with E-state index in [1.54, 1.807) is 0 Å². The highest BCUT2D eigenvalue weighted by molar-refractivity contribution is 7.82. The molecule has 0 radical (unpaired) electrons. The molecule has 0 N–H and O–H groups in total. The lowest BCUT2D eigenvalue weighted by atomic mass is 10.3. The maximum atomic E-state index is 10.6. The molecule has 1 heterocycles. The summed E-state index contributed by atoms with van der Waals surface area (Å²) in [6.45, 7) is -0.128. The van der Waals surface area contributed by atoms with Crippen molar-refractivity contribution in [3.63, 3.8) is 0 Å². The highest BCUT2D eigenvalue weighted by atomic mass is 32.3. The summed E-state index contributed by atoms with van der Waals surface area (Å²) < 4.78 is 34.0. The van der Waals surface area contributed by atoms with Gasteiger partial charge < -0.3 is 4.74 Å². The summed E-state index contributed by atoms with van der Waals surface area (Å²) >= 11 is 0. The fraction of sp³-hybridized carbons (Fsp3) is 0.800. The first-order chi connectivity index (χ1) is 5.53. The van der Waals surface area contributed by atoms with E-state index in [-0.39, 0.29) is 13.0 Å². The van der Waals surface area contributed by atoms with Gasteiger partial charge in [0, 0.05) is 0 Å². The molecule has 1 saturated heterocycles. The van der Waals surface area contributed by atoms with Gasteiger partial charge in [0.1, 0.15) is 6.10 Å². The molecule has 1 aliphatic rings. The monoisotopic (exact) mass is 196 g/mol. The molecule has 0 aromatic heterocycles. The Bertz CT molecular complexity index is 268. The fourth-order valence-electron chi connectivity index (χ4n) is 0.744. The summed E-state index contributed by atoms with van der Waals surface area (Å²) in [4.78, 5) is 10.6. The maximum absolute atomic E-state index is 10.6. The van der Waals surface area contributed by atoms with Crippen LogP contribution in [0.4, 0.5) is 0 Å². The summed E-state index contributed by atoms with van der Waals surface area (Å²) in [6.07, 6.45) is -0.863. The van der Waals surface area contributed by atoms with Crippen molar-refractivity contribution in [2.45, 2.75) is 12.5 Å². The van der Waals surface area contributed by atoms with Crippen molar-refractivity contribution in [3.8, 4) is 0 Å². The van der Waals surface area contributed by atoms with Gasteiger partial charge in [-0.05, 0) is 0 Å². The van der Waals surface area contributed by atoms with Crippen molar-refractivity contribution in [2.24, 2.45) is 0 Å². The molecule has 0 saturated carbocycles. The van der Waals surface area contributed by atoms with Crippen LogP contribution in [0.3, 0.4) is 0 Å². The minimum atomic E-state index is -3.86. The minimum Gasteiger partial charge on any atom is -0.469 e. The molecule has 1 fully saturated rings. The average Bonchev–Trinajstić information content (AvgIpc) is 2.30. The van der Waals surface area contributed by atoms with E-state index in [1.165, 1.54) is 7.11 Å². The van der Waals surface area contributed by atoms with Gasteiger partial charge in [-0.15, -0.1) is 0 Å². The maximum Gasteiger partial charge on any atom is 0.400 e. The summed E-state index contributed by atoms with van der Waals surface area (Å²) in [5.74, 6) is -0.527. The van der Waals surface area contributed by atoms with Crippen LogP contribution < -0.4 is 0 Å². The molecule has 0 aromatic carbocycles. The third-order valence-corrected chi connectivity index (χ3v) is 2.21. The van der Waals surface area contributed by atoms with Crippen LogP contribution in [0.15, 0.2) is 0 Å². The van der Waals surface area contributed by atoms with Crippen LogP contribution in [0.2, 0.25) is 0 Å². The molecular formula is C5H8O6S. The molecule has 0 aromatic rings. The van der Waals surface area contributed by atoms with E-state index in [0.717, 1.165) is 0 Å². The first-order valence-corrected chi connectivity index (χ1v) is 4.51. The topological polar surface area (TPSA) is 78.9 Å². The Morgan fingerprint density at radius 3 is 2.75 bits per heavy atom. The number of hydrogen-bond donors (Lipinski definition) is 0. The van der Waals surface area contributed by atoms with Gasteiger partial charge in [0.15, 0.2) is 0 Å². The molecule has 0 spiro atoms. The highest BCUT2D eigenvalue weighted by Gasteiger charge is 2.31. The van der Waals surface area contributed by atoms with E-state index < -0.39 is 22.5 Å². The summed E-state index contributed by atoms with van der Waals surface area (Å²) in [6, 6.07) is 0. The first kappa shape index (κ1) is 9.43. The molecule has 12 heavy (non-hydrogen) atoms. The molecule has 0 aliphatic carbocycles.